The molecule has 1 aliphatic heterocycles. The third-order valence-corrected chi connectivity index (χ3v) is 5.40. The zero-order chi connectivity index (χ0) is 19.1. The Labute approximate surface area is 171 Å². The highest BCUT2D eigenvalue weighted by atomic mass is 35.5. The summed E-state index contributed by atoms with van der Waals surface area (Å²) >= 11 is 12.4. The number of hydrogen-bond acceptors (Lipinski definition) is 4. The molecule has 3 heterocycles. The topological polar surface area (TPSA) is 57.8 Å². The van der Waals surface area contributed by atoms with Crippen LogP contribution in [0.3, 0.4) is 0 Å². The van der Waals surface area contributed by atoms with Gasteiger partial charge in [-0.15, -0.1) is 5.10 Å². The second kappa shape index (κ2) is 7.05. The number of ether oxygens (including phenoxy) is 1. The second-order valence-electron chi connectivity index (χ2n) is 6.54. The SMILES string of the molecule is Clc1ccc2c(c1)-n1nncc1Cc1c(COCc3ccccc3Cl)ncn1-2. The van der Waals surface area contributed by atoms with Gasteiger partial charge in [0.1, 0.15) is 0 Å². The molecule has 140 valence electrons. The summed E-state index contributed by atoms with van der Waals surface area (Å²) in [6.45, 7) is 0.815. The number of nitrogens with zero attached hydrogens (tertiary/aromatic N) is 5. The van der Waals surface area contributed by atoms with E-state index in [9.17, 15) is 0 Å². The lowest BCUT2D eigenvalue weighted by atomic mass is 10.2. The summed E-state index contributed by atoms with van der Waals surface area (Å²) < 4.78 is 9.79. The van der Waals surface area contributed by atoms with Gasteiger partial charge in [-0.1, -0.05) is 46.6 Å². The van der Waals surface area contributed by atoms with Crippen LogP contribution >= 0.6 is 23.2 Å². The fourth-order valence-electron chi connectivity index (χ4n) is 3.42. The predicted octanol–water partition coefficient (Wildman–Crippen LogP) is 4.38. The van der Waals surface area contributed by atoms with E-state index in [1.807, 2.05) is 53.5 Å². The summed E-state index contributed by atoms with van der Waals surface area (Å²) in [6, 6.07) is 13.4. The minimum Gasteiger partial charge on any atom is -0.370 e. The van der Waals surface area contributed by atoms with Crippen molar-refractivity contribution in [1.82, 2.24) is 24.5 Å². The Balaban J connectivity index is 1.48. The van der Waals surface area contributed by atoms with Crippen LogP contribution in [0.4, 0.5) is 0 Å². The number of aromatic nitrogens is 5. The molecule has 1 aliphatic rings. The van der Waals surface area contributed by atoms with Crippen molar-refractivity contribution in [3.63, 3.8) is 0 Å². The standard InChI is InChI=1S/C20H15Cl2N5O/c21-14-5-6-18-20(7-14)27-15(9-24-25-27)8-19-17(23-12-26(18)19)11-28-10-13-3-1-2-4-16(13)22/h1-7,9,12H,8,10-11H2. The number of rotatable bonds is 4. The molecule has 0 radical (unpaired) electrons. The Morgan fingerprint density at radius 1 is 1.04 bits per heavy atom. The molecule has 6 nitrogen and oxygen atoms in total. The fraction of sp³-hybridized carbons (Fsp3) is 0.150. The molecule has 0 saturated carbocycles. The fourth-order valence-corrected chi connectivity index (χ4v) is 3.78. The first-order valence-corrected chi connectivity index (χ1v) is 9.52. The first-order valence-electron chi connectivity index (χ1n) is 8.77. The molecule has 0 N–H and O–H groups in total. The van der Waals surface area contributed by atoms with Gasteiger partial charge in [0.15, 0.2) is 0 Å². The maximum absolute atomic E-state index is 6.22. The Bertz CT molecular complexity index is 1170. The van der Waals surface area contributed by atoms with Crippen molar-refractivity contribution in [3.8, 4) is 11.4 Å². The van der Waals surface area contributed by atoms with Crippen LogP contribution in [-0.4, -0.2) is 24.5 Å². The quantitative estimate of drug-likeness (QED) is 0.440. The molecule has 0 bridgehead atoms. The highest BCUT2D eigenvalue weighted by Gasteiger charge is 2.23. The predicted molar refractivity (Wildman–Crippen MR) is 106 cm³/mol. The molecule has 2 aromatic heterocycles. The molecule has 4 aromatic rings. The number of imidazole rings is 1. The zero-order valence-corrected chi connectivity index (χ0v) is 16.2. The van der Waals surface area contributed by atoms with E-state index in [4.69, 9.17) is 27.9 Å². The van der Waals surface area contributed by atoms with Crippen LogP contribution in [0.5, 0.6) is 0 Å². The van der Waals surface area contributed by atoms with Gasteiger partial charge in [-0.2, -0.15) is 0 Å². The first kappa shape index (κ1) is 17.4. The molecule has 0 aliphatic carbocycles. The summed E-state index contributed by atoms with van der Waals surface area (Å²) in [7, 11) is 0. The van der Waals surface area contributed by atoms with Crippen molar-refractivity contribution >= 4 is 23.2 Å². The molecule has 0 amide bonds. The lowest BCUT2D eigenvalue weighted by Gasteiger charge is -2.10. The largest absolute Gasteiger partial charge is 0.370 e. The lowest BCUT2D eigenvalue weighted by Crippen LogP contribution is -2.03. The van der Waals surface area contributed by atoms with E-state index < -0.39 is 0 Å². The third kappa shape index (κ3) is 2.99. The average Bonchev–Trinajstić information content (AvgIpc) is 3.29. The molecule has 8 heteroatoms. The molecule has 0 saturated heterocycles. The van der Waals surface area contributed by atoms with Gasteiger partial charge in [0.2, 0.25) is 0 Å². The Hall–Kier alpha value is -2.67. The van der Waals surface area contributed by atoms with Crippen molar-refractivity contribution in [2.45, 2.75) is 19.6 Å². The number of fused-ring (bicyclic) bond motifs is 5. The maximum Gasteiger partial charge on any atom is 0.0999 e. The van der Waals surface area contributed by atoms with Crippen molar-refractivity contribution in [3.05, 3.63) is 87.7 Å². The Morgan fingerprint density at radius 3 is 2.82 bits per heavy atom. The summed E-state index contributed by atoms with van der Waals surface area (Å²) in [5, 5.41) is 9.64. The van der Waals surface area contributed by atoms with Crippen LogP contribution in [0.25, 0.3) is 11.4 Å². The van der Waals surface area contributed by atoms with Gasteiger partial charge >= 0.3 is 0 Å². The van der Waals surface area contributed by atoms with E-state index in [1.165, 1.54) is 0 Å². The number of halogens is 2. The molecule has 28 heavy (non-hydrogen) atoms. The minimum atomic E-state index is 0.387. The molecule has 0 unspecified atom stereocenters. The van der Waals surface area contributed by atoms with E-state index in [2.05, 4.69) is 19.9 Å². The van der Waals surface area contributed by atoms with E-state index in [0.29, 0.717) is 29.7 Å². The number of benzene rings is 2. The monoisotopic (exact) mass is 411 g/mol. The molecular formula is C20H15Cl2N5O. The molecular weight excluding hydrogens is 397 g/mol. The molecule has 2 aromatic carbocycles. The highest BCUT2D eigenvalue weighted by molar-refractivity contribution is 6.31. The maximum atomic E-state index is 6.22. The molecule has 0 fully saturated rings. The van der Waals surface area contributed by atoms with Crippen LogP contribution in [0.1, 0.15) is 22.6 Å². The van der Waals surface area contributed by atoms with Crippen LogP contribution in [0.15, 0.2) is 55.0 Å². The summed E-state index contributed by atoms with van der Waals surface area (Å²) in [5.74, 6) is 0. The highest BCUT2D eigenvalue weighted by Crippen LogP contribution is 2.30. The minimum absolute atomic E-state index is 0.387. The van der Waals surface area contributed by atoms with Crippen LogP contribution in [-0.2, 0) is 24.4 Å². The average molecular weight is 412 g/mol. The lowest BCUT2D eigenvalue weighted by molar-refractivity contribution is 0.104. The molecule has 0 atom stereocenters. The van der Waals surface area contributed by atoms with Gasteiger partial charge in [-0.25, -0.2) is 9.67 Å². The second-order valence-corrected chi connectivity index (χ2v) is 7.38. The van der Waals surface area contributed by atoms with E-state index >= 15 is 0 Å². The van der Waals surface area contributed by atoms with Gasteiger partial charge < -0.3 is 9.30 Å². The van der Waals surface area contributed by atoms with Crippen molar-refractivity contribution in [1.29, 1.82) is 0 Å². The van der Waals surface area contributed by atoms with E-state index in [1.54, 1.807) is 6.20 Å². The van der Waals surface area contributed by atoms with E-state index in [0.717, 1.165) is 34.0 Å². The summed E-state index contributed by atoms with van der Waals surface area (Å²) in [5.41, 5.74) is 5.67. The van der Waals surface area contributed by atoms with Crippen molar-refractivity contribution in [2.24, 2.45) is 0 Å². The van der Waals surface area contributed by atoms with Gasteiger partial charge in [-0.05, 0) is 29.8 Å². The normalized spacial score (nSPS) is 12.2. The van der Waals surface area contributed by atoms with Crippen molar-refractivity contribution < 1.29 is 4.74 Å². The van der Waals surface area contributed by atoms with Crippen LogP contribution in [0.2, 0.25) is 10.0 Å². The van der Waals surface area contributed by atoms with Gasteiger partial charge in [0.05, 0.1) is 54.2 Å². The smallest absolute Gasteiger partial charge is 0.0999 e. The third-order valence-electron chi connectivity index (χ3n) is 4.80. The molecule has 0 spiro atoms. The van der Waals surface area contributed by atoms with Crippen molar-refractivity contribution in [2.75, 3.05) is 0 Å². The van der Waals surface area contributed by atoms with Crippen LogP contribution < -0.4 is 0 Å². The van der Waals surface area contributed by atoms with E-state index in [-0.39, 0.29) is 0 Å². The summed E-state index contributed by atoms with van der Waals surface area (Å²) in [4.78, 5) is 4.59. The van der Waals surface area contributed by atoms with Crippen LogP contribution in [0, 0.1) is 0 Å². The molecule has 5 rings (SSSR count). The van der Waals surface area contributed by atoms with Gasteiger partial charge in [0, 0.05) is 16.5 Å². The van der Waals surface area contributed by atoms with Gasteiger partial charge in [-0.3, -0.25) is 0 Å². The summed E-state index contributed by atoms with van der Waals surface area (Å²) in [6.07, 6.45) is 4.22. The Morgan fingerprint density at radius 2 is 1.93 bits per heavy atom. The zero-order valence-electron chi connectivity index (χ0n) is 14.7. The van der Waals surface area contributed by atoms with Gasteiger partial charge in [0.25, 0.3) is 0 Å². The number of hydrogen-bond donors (Lipinski definition) is 0. The Kier molecular flexibility index (Phi) is 4.39. The first-order chi connectivity index (χ1) is 13.7.